The molecule has 2 aromatic rings. The van der Waals surface area contributed by atoms with Gasteiger partial charge in [0.25, 0.3) is 0 Å². The Balaban J connectivity index is 1.59. The molecule has 0 bridgehead atoms. The molecule has 3 heterocycles. The van der Waals surface area contributed by atoms with E-state index in [0.29, 0.717) is 6.54 Å². The van der Waals surface area contributed by atoms with Gasteiger partial charge in [0.15, 0.2) is 6.21 Å². The molecule has 0 saturated carbocycles. The first kappa shape index (κ1) is 29.3. The van der Waals surface area contributed by atoms with E-state index >= 15 is 0 Å². The number of fused-ring (bicyclic) bond motifs is 1. The molecule has 2 aromatic carbocycles. The van der Waals surface area contributed by atoms with E-state index in [-0.39, 0.29) is 36.9 Å². The number of aliphatic hydroxyl groups is 1. The molecule has 41 heavy (non-hydrogen) atoms. The molecular formula is C33H46N5O3+. The van der Waals surface area contributed by atoms with Crippen molar-refractivity contribution >= 4 is 18.0 Å². The number of rotatable bonds is 7. The van der Waals surface area contributed by atoms with Crippen LogP contribution in [0.15, 0.2) is 54.6 Å². The van der Waals surface area contributed by atoms with Crippen LogP contribution in [0.25, 0.3) is 11.1 Å². The minimum Gasteiger partial charge on any atom is -0.391 e. The lowest BCUT2D eigenvalue weighted by Crippen LogP contribution is -2.62. The molecule has 0 spiro atoms. The SMILES string of the molecule is CCCC1CCC=[N+]2C(c3ccccc3-c3ccccc3)CN([C@H](C(=O)N3C[C@H](O)C[C@H]3C(=O)NC)C(C)(C)C)N12. The van der Waals surface area contributed by atoms with Gasteiger partial charge < -0.3 is 15.3 Å². The number of amides is 2. The number of hydrazine groups is 2. The normalized spacial score (nSPS) is 25.6. The maximum absolute atomic E-state index is 14.6. The predicted octanol–water partition coefficient (Wildman–Crippen LogP) is 4.01. The van der Waals surface area contributed by atoms with Gasteiger partial charge in [0.05, 0.1) is 12.6 Å². The molecule has 2 amide bonds. The highest BCUT2D eigenvalue weighted by atomic mass is 16.3. The van der Waals surface area contributed by atoms with Crippen LogP contribution >= 0.6 is 0 Å². The number of carbonyl (C=O) groups is 2. The fraction of sp³-hybridized carbons (Fsp3) is 0.545. The Bertz CT molecular complexity index is 1270. The summed E-state index contributed by atoms with van der Waals surface area (Å²) in [7, 11) is 1.59. The zero-order chi connectivity index (χ0) is 29.3. The molecule has 2 fully saturated rings. The number of carbonyl (C=O) groups excluding carboxylic acids is 2. The van der Waals surface area contributed by atoms with Gasteiger partial charge in [-0.3, -0.25) is 9.59 Å². The first-order chi connectivity index (χ1) is 19.7. The van der Waals surface area contributed by atoms with Crippen LogP contribution in [0, 0.1) is 5.41 Å². The highest BCUT2D eigenvalue weighted by Gasteiger charge is 2.56. The van der Waals surface area contributed by atoms with E-state index in [9.17, 15) is 14.7 Å². The lowest BCUT2D eigenvalue weighted by molar-refractivity contribution is -0.733. The second-order valence-corrected chi connectivity index (χ2v) is 12.8. The van der Waals surface area contributed by atoms with Crippen molar-refractivity contribution in [3.8, 4) is 11.1 Å². The number of benzene rings is 2. The molecule has 0 aromatic heterocycles. The van der Waals surface area contributed by atoms with Crippen LogP contribution in [0.5, 0.6) is 0 Å². The summed E-state index contributed by atoms with van der Waals surface area (Å²) >= 11 is 0. The minimum atomic E-state index is -0.710. The fourth-order valence-corrected chi connectivity index (χ4v) is 7.04. The summed E-state index contributed by atoms with van der Waals surface area (Å²) in [6, 6.07) is 18.2. The monoisotopic (exact) mass is 560 g/mol. The Morgan fingerprint density at radius 1 is 1.07 bits per heavy atom. The maximum Gasteiger partial charge on any atom is 0.243 e. The third-order valence-corrected chi connectivity index (χ3v) is 8.81. The van der Waals surface area contributed by atoms with Gasteiger partial charge in [-0.05, 0) is 29.4 Å². The molecule has 3 aliphatic rings. The van der Waals surface area contributed by atoms with Gasteiger partial charge in [0.1, 0.15) is 18.1 Å². The van der Waals surface area contributed by atoms with E-state index in [4.69, 9.17) is 0 Å². The van der Waals surface area contributed by atoms with Gasteiger partial charge in [0.2, 0.25) is 17.9 Å². The van der Waals surface area contributed by atoms with Crippen molar-refractivity contribution in [1.29, 1.82) is 0 Å². The van der Waals surface area contributed by atoms with Gasteiger partial charge in [-0.25, -0.2) is 0 Å². The quantitative estimate of drug-likeness (QED) is 0.501. The second-order valence-electron chi connectivity index (χ2n) is 12.8. The van der Waals surface area contributed by atoms with E-state index in [1.807, 2.05) is 6.07 Å². The number of likely N-dealkylation sites (N-methyl/N-ethyl adjacent to an activating group) is 1. The number of nitrogens with zero attached hydrogens (tertiary/aromatic N) is 4. The van der Waals surface area contributed by atoms with Crippen LogP contribution in [-0.2, 0) is 9.59 Å². The van der Waals surface area contributed by atoms with Gasteiger partial charge in [-0.1, -0.05) is 93.4 Å². The van der Waals surface area contributed by atoms with Crippen LogP contribution in [0.2, 0.25) is 0 Å². The second kappa shape index (κ2) is 11.9. The van der Waals surface area contributed by atoms with Crippen LogP contribution in [0.4, 0.5) is 0 Å². The third-order valence-electron chi connectivity index (χ3n) is 8.81. The van der Waals surface area contributed by atoms with Gasteiger partial charge >= 0.3 is 0 Å². The first-order valence-corrected chi connectivity index (χ1v) is 15.2. The van der Waals surface area contributed by atoms with E-state index < -0.39 is 23.6 Å². The van der Waals surface area contributed by atoms with E-state index in [1.54, 1.807) is 11.9 Å². The fourth-order valence-electron chi connectivity index (χ4n) is 7.04. The number of aliphatic hydroxyl groups excluding tert-OH is 1. The molecule has 2 N–H and O–H groups in total. The summed E-state index contributed by atoms with van der Waals surface area (Å²) in [5, 5.41) is 17.9. The van der Waals surface area contributed by atoms with Crippen LogP contribution in [0.1, 0.15) is 71.4 Å². The number of hydrazone groups is 1. The summed E-state index contributed by atoms with van der Waals surface area (Å²) in [5.41, 5.74) is 3.19. The lowest BCUT2D eigenvalue weighted by Gasteiger charge is -2.43. The zero-order valence-corrected chi connectivity index (χ0v) is 25.2. The molecule has 220 valence electrons. The smallest absolute Gasteiger partial charge is 0.243 e. The standard InChI is InChI=1S/C33H45N5O3/c1-6-13-24-16-12-19-36-29(27-18-11-10-17-26(27)23-14-8-7-9-15-23)22-37(38(24)36)30(33(2,3)4)32(41)35-21-25(39)20-28(35)31(40)34-5/h7-11,14-15,17-19,24-25,28-30,39H,6,12-13,16,20-22H2,1-5H3/p+1/t24?,25-,28+,29?,30-/m1/s1. The molecule has 0 radical (unpaired) electrons. The summed E-state index contributed by atoms with van der Waals surface area (Å²) in [4.78, 5) is 29.0. The number of likely N-dealkylation sites (tertiary alicyclic amines) is 1. The number of hydrogen-bond donors (Lipinski definition) is 2. The topological polar surface area (TPSA) is 79.1 Å². The lowest BCUT2D eigenvalue weighted by atomic mass is 9.84. The Hall–Kier alpha value is -3.23. The van der Waals surface area contributed by atoms with E-state index in [1.165, 1.54) is 16.7 Å². The molecule has 8 nitrogen and oxygen atoms in total. The van der Waals surface area contributed by atoms with Crippen molar-refractivity contribution in [2.45, 2.75) is 90.1 Å². The summed E-state index contributed by atoms with van der Waals surface area (Å²) in [6.45, 7) is 9.36. The van der Waals surface area contributed by atoms with Crippen molar-refractivity contribution in [3.05, 3.63) is 60.2 Å². The van der Waals surface area contributed by atoms with Crippen LogP contribution in [0.3, 0.4) is 0 Å². The van der Waals surface area contributed by atoms with Gasteiger partial charge in [-0.2, -0.15) is 5.01 Å². The van der Waals surface area contributed by atoms with Crippen LogP contribution < -0.4 is 5.32 Å². The van der Waals surface area contributed by atoms with Crippen molar-refractivity contribution < 1.29 is 19.4 Å². The van der Waals surface area contributed by atoms with Crippen molar-refractivity contribution in [1.82, 2.24) is 20.3 Å². The Kier molecular flexibility index (Phi) is 8.52. The summed E-state index contributed by atoms with van der Waals surface area (Å²) in [6.07, 6.45) is 5.96. The summed E-state index contributed by atoms with van der Waals surface area (Å²) < 4.78 is 2.38. The highest BCUT2D eigenvalue weighted by Crippen LogP contribution is 2.42. The average Bonchev–Trinajstić information content (AvgIpc) is 3.54. The molecule has 5 rings (SSSR count). The summed E-state index contributed by atoms with van der Waals surface area (Å²) in [5.74, 6) is -0.323. The van der Waals surface area contributed by atoms with Crippen LogP contribution in [-0.4, -0.2) is 87.2 Å². The average molecular weight is 561 g/mol. The Labute approximate surface area is 244 Å². The minimum absolute atomic E-state index is 0.0302. The molecular weight excluding hydrogens is 514 g/mol. The van der Waals surface area contributed by atoms with Gasteiger partial charge in [-0.15, -0.1) is 5.12 Å². The maximum atomic E-state index is 14.6. The molecule has 8 heteroatoms. The van der Waals surface area contributed by atoms with Gasteiger partial charge in [0, 0.05) is 32.0 Å². The number of β-amino-alcohol motifs (C(OH)–C–C–N with tert-alkyl or cyclic N) is 1. The molecule has 5 atom stereocenters. The molecule has 3 aliphatic heterocycles. The largest absolute Gasteiger partial charge is 0.391 e. The number of nitrogens with one attached hydrogen (secondary N) is 1. The Morgan fingerprint density at radius 3 is 2.46 bits per heavy atom. The third kappa shape index (κ3) is 5.64. The molecule has 2 saturated heterocycles. The predicted molar refractivity (Wildman–Crippen MR) is 161 cm³/mol. The zero-order valence-electron chi connectivity index (χ0n) is 25.2. The number of hydrogen-bond acceptors (Lipinski definition) is 5. The molecule has 2 unspecified atom stereocenters. The van der Waals surface area contributed by atoms with Crippen molar-refractivity contribution in [2.75, 3.05) is 20.1 Å². The first-order valence-electron chi connectivity index (χ1n) is 15.2. The van der Waals surface area contributed by atoms with Crippen molar-refractivity contribution in [3.63, 3.8) is 0 Å². The van der Waals surface area contributed by atoms with E-state index in [0.717, 1.165) is 25.7 Å². The van der Waals surface area contributed by atoms with Crippen molar-refractivity contribution in [2.24, 2.45) is 5.41 Å². The Morgan fingerprint density at radius 2 is 1.78 bits per heavy atom. The molecule has 0 aliphatic carbocycles. The van der Waals surface area contributed by atoms with E-state index in [2.05, 4.69) is 103 Å². The highest BCUT2D eigenvalue weighted by molar-refractivity contribution is 5.91.